The number of allylic oxidation sites excluding steroid dienone is 2. The first-order valence-electron chi connectivity index (χ1n) is 19.0. The van der Waals surface area contributed by atoms with Crippen LogP contribution in [-0.2, 0) is 23.9 Å². The second-order valence-corrected chi connectivity index (χ2v) is 17.9. The van der Waals surface area contributed by atoms with Gasteiger partial charge >= 0.3 is 11.9 Å². The molecule has 5 saturated carbocycles. The minimum absolute atomic E-state index is 0.0145. The van der Waals surface area contributed by atoms with Gasteiger partial charge in [-0.25, -0.2) is 4.79 Å². The third-order valence-electron chi connectivity index (χ3n) is 15.6. The van der Waals surface area contributed by atoms with Gasteiger partial charge in [0, 0.05) is 18.9 Å². The van der Waals surface area contributed by atoms with Crippen molar-refractivity contribution in [3.8, 4) is 0 Å². The van der Waals surface area contributed by atoms with Crippen molar-refractivity contribution >= 4 is 17.8 Å². The Morgan fingerprint density at radius 2 is 1.58 bits per heavy atom. The summed E-state index contributed by atoms with van der Waals surface area (Å²) in [5, 5.41) is 3.38. The van der Waals surface area contributed by atoms with Crippen molar-refractivity contribution in [2.75, 3.05) is 13.7 Å². The molecule has 0 aliphatic heterocycles. The molecule has 5 aliphatic carbocycles. The molecule has 7 heteroatoms. The van der Waals surface area contributed by atoms with E-state index in [0.717, 1.165) is 57.8 Å². The van der Waals surface area contributed by atoms with Gasteiger partial charge in [-0.3, -0.25) is 9.59 Å². The van der Waals surface area contributed by atoms with Crippen LogP contribution < -0.4 is 5.32 Å². The van der Waals surface area contributed by atoms with Gasteiger partial charge in [0.25, 0.3) is 0 Å². The van der Waals surface area contributed by atoms with E-state index in [4.69, 9.17) is 4.74 Å². The summed E-state index contributed by atoms with van der Waals surface area (Å²) in [4.78, 5) is 37.6. The Balaban J connectivity index is 1.32. The van der Waals surface area contributed by atoms with Crippen LogP contribution in [-0.4, -0.2) is 37.6 Å². The maximum Gasteiger partial charge on any atom is 0.366 e. The molecule has 0 unspecified atom stereocenters. The first-order chi connectivity index (χ1) is 22.5. The highest BCUT2D eigenvalue weighted by Gasteiger charge is 2.72. The lowest BCUT2D eigenvalue weighted by molar-refractivity contribution is -0.248. The van der Waals surface area contributed by atoms with Crippen molar-refractivity contribution in [3.63, 3.8) is 0 Å². The lowest BCUT2D eigenvalue weighted by Crippen LogP contribution is -2.67. The Hall–Kier alpha value is -2.18. The molecule has 10 atom stereocenters. The fraction of sp³-hybridized carbons (Fsp3) is 0.829. The monoisotopic (exact) mass is 669 g/mol. The zero-order chi connectivity index (χ0) is 35.3. The van der Waals surface area contributed by atoms with E-state index < -0.39 is 11.8 Å². The van der Waals surface area contributed by atoms with Gasteiger partial charge in [0.05, 0.1) is 12.5 Å². The van der Waals surface area contributed by atoms with Crippen molar-refractivity contribution in [2.24, 2.45) is 56.7 Å². The van der Waals surface area contributed by atoms with Crippen LogP contribution in [0.5, 0.6) is 0 Å². The molecule has 0 spiro atoms. The average Bonchev–Trinajstić information content (AvgIpc) is 3.43. The first kappa shape index (κ1) is 37.1. The molecule has 0 saturated heterocycles. The third-order valence-corrected chi connectivity index (χ3v) is 15.6. The molecule has 0 heterocycles. The van der Waals surface area contributed by atoms with E-state index in [0.29, 0.717) is 42.6 Å². The van der Waals surface area contributed by atoms with Gasteiger partial charge in [0.2, 0.25) is 11.7 Å². The number of carbonyl (C=O) groups is 3. The number of amides is 1. The van der Waals surface area contributed by atoms with E-state index in [-0.39, 0.29) is 45.1 Å². The minimum atomic E-state index is -0.930. The Bertz CT molecular complexity index is 1310. The SMILES string of the molecule is C=C(C)[C@@H]1CC[C@]2(C(=O)NCCCCC/C=C(\F)C(=O)OC)CC[C@]3(C)[C@H](CC[C@@H]4[C@@]5(C)CC[C@H](OC(C)=O)C(C)(C)[C@@H]5CC[C@]43C)[C@@H]12. The summed E-state index contributed by atoms with van der Waals surface area (Å²) in [7, 11) is 1.18. The number of nitrogens with one attached hydrogen (secondary N) is 1. The number of unbranched alkanes of at least 4 members (excludes halogenated alkanes) is 3. The van der Waals surface area contributed by atoms with Gasteiger partial charge in [-0.2, -0.15) is 4.39 Å². The Morgan fingerprint density at radius 3 is 2.25 bits per heavy atom. The predicted molar refractivity (Wildman–Crippen MR) is 187 cm³/mol. The molecular formula is C41H64FNO5. The van der Waals surface area contributed by atoms with E-state index >= 15 is 0 Å². The quantitative estimate of drug-likeness (QED) is 0.109. The average molecular weight is 670 g/mol. The van der Waals surface area contributed by atoms with Crippen LogP contribution in [0.4, 0.5) is 4.39 Å². The predicted octanol–water partition coefficient (Wildman–Crippen LogP) is 9.28. The highest BCUT2D eigenvalue weighted by Crippen LogP contribution is 2.77. The number of carbonyl (C=O) groups excluding carboxylic acids is 3. The molecule has 0 aromatic carbocycles. The molecule has 0 aromatic heterocycles. The van der Waals surface area contributed by atoms with Crippen molar-refractivity contribution in [1.82, 2.24) is 5.32 Å². The summed E-state index contributed by atoms with van der Waals surface area (Å²) in [6.45, 7) is 21.4. The fourth-order valence-corrected chi connectivity index (χ4v) is 13.2. The molecule has 5 rings (SSSR count). The van der Waals surface area contributed by atoms with Crippen LogP contribution in [0.15, 0.2) is 24.1 Å². The van der Waals surface area contributed by atoms with E-state index in [1.807, 2.05) is 0 Å². The van der Waals surface area contributed by atoms with Crippen LogP contribution in [0.3, 0.4) is 0 Å². The van der Waals surface area contributed by atoms with E-state index in [2.05, 4.69) is 58.2 Å². The summed E-state index contributed by atoms with van der Waals surface area (Å²) in [6.07, 6.45) is 15.0. The number of fused-ring (bicyclic) bond motifs is 7. The number of esters is 2. The van der Waals surface area contributed by atoms with Gasteiger partial charge in [-0.15, -0.1) is 0 Å². The Morgan fingerprint density at radius 1 is 0.854 bits per heavy atom. The number of methoxy groups -OCH3 is 1. The molecule has 1 amide bonds. The summed E-state index contributed by atoms with van der Waals surface area (Å²) in [5.74, 6) is 0.631. The maximum atomic E-state index is 14.3. The highest BCUT2D eigenvalue weighted by atomic mass is 19.1. The van der Waals surface area contributed by atoms with E-state index in [1.54, 1.807) is 6.92 Å². The number of rotatable bonds is 10. The largest absolute Gasteiger partial charge is 0.464 e. The molecule has 270 valence electrons. The standard InChI is InChI=1S/C41H64FNO5/c1-26(2)28-17-22-41(36(46)43-25-13-11-10-12-14-30(42)35(45)47-9)24-23-39(7)29(34(28)41)15-16-32-38(6)20-19-33(48-27(3)44)37(4,5)31(38)18-21-40(32,39)8/h14,28-29,31-34H,1,10-13,15-25H2,2-9H3,(H,43,46)/b30-14-/t28-,29+,31-,32+,33-,34+,38-,39+,40+,41-/m0/s1. The summed E-state index contributed by atoms with van der Waals surface area (Å²) in [5.41, 5.74) is 1.40. The van der Waals surface area contributed by atoms with Crippen molar-refractivity contribution in [1.29, 1.82) is 0 Å². The van der Waals surface area contributed by atoms with E-state index in [9.17, 15) is 18.8 Å². The van der Waals surface area contributed by atoms with Gasteiger partial charge < -0.3 is 14.8 Å². The molecule has 5 fully saturated rings. The third kappa shape index (κ3) is 5.89. The molecule has 1 N–H and O–H groups in total. The van der Waals surface area contributed by atoms with Gasteiger partial charge in [-0.05, 0) is 142 Å². The number of halogens is 1. The summed E-state index contributed by atoms with van der Waals surface area (Å²) >= 11 is 0. The molecule has 48 heavy (non-hydrogen) atoms. The topological polar surface area (TPSA) is 81.7 Å². The van der Waals surface area contributed by atoms with Crippen LogP contribution in [0.2, 0.25) is 0 Å². The van der Waals surface area contributed by atoms with Crippen LogP contribution in [0.1, 0.15) is 138 Å². The number of hydrogen-bond acceptors (Lipinski definition) is 5. The Labute approximate surface area is 289 Å². The molecule has 6 nitrogen and oxygen atoms in total. The number of ether oxygens (including phenoxy) is 2. The van der Waals surface area contributed by atoms with Gasteiger partial charge in [0.15, 0.2) is 0 Å². The second kappa shape index (κ2) is 13.5. The van der Waals surface area contributed by atoms with Crippen LogP contribution in [0, 0.1) is 56.7 Å². The molecular weight excluding hydrogens is 605 g/mol. The first-order valence-corrected chi connectivity index (χ1v) is 19.0. The molecule has 5 aliphatic rings. The number of hydrogen-bond donors (Lipinski definition) is 1. The zero-order valence-corrected chi connectivity index (χ0v) is 31.3. The summed E-state index contributed by atoms with van der Waals surface area (Å²) < 4.78 is 24.0. The lowest BCUT2D eigenvalue weighted by Gasteiger charge is -2.72. The molecule has 0 aromatic rings. The van der Waals surface area contributed by atoms with Crippen LogP contribution >= 0.6 is 0 Å². The van der Waals surface area contributed by atoms with Crippen molar-refractivity contribution in [3.05, 3.63) is 24.1 Å². The molecule has 0 bridgehead atoms. The smallest absolute Gasteiger partial charge is 0.366 e. The second-order valence-electron chi connectivity index (χ2n) is 17.9. The molecule has 0 radical (unpaired) electrons. The minimum Gasteiger partial charge on any atom is -0.464 e. The van der Waals surface area contributed by atoms with E-state index in [1.165, 1.54) is 44.4 Å². The van der Waals surface area contributed by atoms with Crippen molar-refractivity contribution < 1.29 is 28.2 Å². The normalized spacial score (nSPS) is 41.6. The van der Waals surface area contributed by atoms with Gasteiger partial charge in [-0.1, -0.05) is 53.2 Å². The summed E-state index contributed by atoms with van der Waals surface area (Å²) in [6, 6.07) is 0. The lowest BCUT2D eigenvalue weighted by atomic mass is 9.32. The van der Waals surface area contributed by atoms with Crippen LogP contribution in [0.25, 0.3) is 0 Å². The van der Waals surface area contributed by atoms with Crippen molar-refractivity contribution in [2.45, 2.75) is 144 Å². The Kier molecular flexibility index (Phi) is 10.4. The zero-order valence-electron chi connectivity index (χ0n) is 31.3. The maximum absolute atomic E-state index is 14.3. The highest BCUT2D eigenvalue weighted by molar-refractivity contribution is 5.85. The fourth-order valence-electron chi connectivity index (χ4n) is 13.2. The van der Waals surface area contributed by atoms with Gasteiger partial charge in [0.1, 0.15) is 6.10 Å².